The lowest BCUT2D eigenvalue weighted by atomic mass is 10.2. The zero-order chi connectivity index (χ0) is 19.0. The molecule has 136 valence electrons. The monoisotopic (exact) mass is 399 g/mol. The number of benzene rings is 3. The number of nitrogens with one attached hydrogen (secondary N) is 2. The van der Waals surface area contributed by atoms with Crippen molar-refractivity contribution in [3.05, 3.63) is 71.8 Å². The molecular weight excluding hydrogens is 386 g/mol. The molecule has 0 saturated carbocycles. The summed E-state index contributed by atoms with van der Waals surface area (Å²) in [6.45, 7) is 0. The van der Waals surface area contributed by atoms with Crippen molar-refractivity contribution in [1.82, 2.24) is 9.97 Å². The maximum Gasteiger partial charge on any atom is 0.262 e. The van der Waals surface area contributed by atoms with E-state index in [2.05, 4.69) is 14.7 Å². The fourth-order valence-electron chi connectivity index (χ4n) is 2.66. The molecular formula is C19H14ClN3O3S. The van der Waals surface area contributed by atoms with Crippen LogP contribution in [0.25, 0.3) is 22.4 Å². The number of fused-ring (bicyclic) bond motifs is 1. The Labute approximate surface area is 160 Å². The highest BCUT2D eigenvalue weighted by Crippen LogP contribution is 2.27. The zero-order valence-corrected chi connectivity index (χ0v) is 15.4. The Balaban J connectivity index is 1.70. The summed E-state index contributed by atoms with van der Waals surface area (Å²) in [5.74, 6) is 0.743. The lowest BCUT2D eigenvalue weighted by Crippen LogP contribution is -2.13. The Morgan fingerprint density at radius 3 is 2.48 bits per heavy atom. The fraction of sp³-hybridized carbons (Fsp3) is 0. The topological polar surface area (TPSA) is 95.1 Å². The molecule has 0 spiro atoms. The smallest absolute Gasteiger partial charge is 0.262 e. The van der Waals surface area contributed by atoms with Crippen LogP contribution in [0, 0.1) is 0 Å². The first kappa shape index (κ1) is 17.4. The second kappa shape index (κ2) is 6.61. The number of imidazole rings is 1. The van der Waals surface area contributed by atoms with E-state index in [4.69, 9.17) is 11.6 Å². The van der Waals surface area contributed by atoms with Gasteiger partial charge in [-0.05, 0) is 54.6 Å². The first-order chi connectivity index (χ1) is 12.9. The number of hydrogen-bond donors (Lipinski definition) is 3. The fourth-order valence-corrected chi connectivity index (χ4v) is 4.00. The number of phenolic OH excluding ortho intramolecular Hbond substituents is 1. The van der Waals surface area contributed by atoms with E-state index in [9.17, 15) is 13.5 Å². The van der Waals surface area contributed by atoms with Gasteiger partial charge in [-0.25, -0.2) is 13.4 Å². The molecule has 0 radical (unpaired) electrons. The molecule has 0 atom stereocenters. The van der Waals surface area contributed by atoms with Gasteiger partial charge in [-0.2, -0.15) is 0 Å². The van der Waals surface area contributed by atoms with Gasteiger partial charge >= 0.3 is 0 Å². The van der Waals surface area contributed by atoms with Gasteiger partial charge in [0, 0.05) is 5.56 Å². The summed E-state index contributed by atoms with van der Waals surface area (Å²) in [6, 6.07) is 17.9. The van der Waals surface area contributed by atoms with Crippen LogP contribution < -0.4 is 4.72 Å². The highest BCUT2D eigenvalue weighted by Gasteiger charge is 2.17. The largest absolute Gasteiger partial charge is 0.508 e. The van der Waals surface area contributed by atoms with Crippen LogP contribution in [-0.4, -0.2) is 23.5 Å². The normalized spacial score (nSPS) is 11.6. The summed E-state index contributed by atoms with van der Waals surface area (Å²) < 4.78 is 27.9. The Hall–Kier alpha value is -3.03. The molecule has 0 bridgehead atoms. The van der Waals surface area contributed by atoms with Crippen molar-refractivity contribution in [2.75, 3.05) is 4.72 Å². The molecule has 0 fully saturated rings. The van der Waals surface area contributed by atoms with E-state index < -0.39 is 10.0 Å². The van der Waals surface area contributed by atoms with Crippen LogP contribution in [0.3, 0.4) is 0 Å². The maximum absolute atomic E-state index is 12.7. The van der Waals surface area contributed by atoms with Crippen LogP contribution >= 0.6 is 11.6 Å². The second-order valence-corrected chi connectivity index (χ2v) is 7.99. The molecule has 27 heavy (non-hydrogen) atoms. The van der Waals surface area contributed by atoms with Gasteiger partial charge in [0.25, 0.3) is 10.0 Å². The van der Waals surface area contributed by atoms with Crippen molar-refractivity contribution in [1.29, 1.82) is 0 Å². The number of aromatic hydroxyl groups is 1. The Morgan fingerprint density at radius 2 is 1.74 bits per heavy atom. The number of anilines is 1. The van der Waals surface area contributed by atoms with Crippen molar-refractivity contribution < 1.29 is 13.5 Å². The van der Waals surface area contributed by atoms with E-state index in [-0.39, 0.29) is 10.6 Å². The minimum Gasteiger partial charge on any atom is -0.508 e. The third kappa shape index (κ3) is 3.47. The summed E-state index contributed by atoms with van der Waals surface area (Å²) >= 11 is 6.03. The highest BCUT2D eigenvalue weighted by molar-refractivity contribution is 7.92. The van der Waals surface area contributed by atoms with Crippen molar-refractivity contribution in [2.24, 2.45) is 0 Å². The molecule has 6 nitrogen and oxygen atoms in total. The third-order valence-corrected chi connectivity index (χ3v) is 5.72. The van der Waals surface area contributed by atoms with Gasteiger partial charge < -0.3 is 10.1 Å². The van der Waals surface area contributed by atoms with Gasteiger partial charge in [0.2, 0.25) is 0 Å². The summed E-state index contributed by atoms with van der Waals surface area (Å²) in [5, 5.41) is 9.71. The number of nitrogens with zero attached hydrogens (tertiary/aromatic N) is 1. The van der Waals surface area contributed by atoms with Crippen molar-refractivity contribution >= 4 is 38.3 Å². The number of aromatic nitrogens is 2. The molecule has 3 aromatic carbocycles. The molecule has 1 heterocycles. The average molecular weight is 400 g/mol. The lowest BCUT2D eigenvalue weighted by Gasteiger charge is -2.09. The molecule has 0 aliphatic carbocycles. The molecule has 8 heteroatoms. The number of phenols is 1. The van der Waals surface area contributed by atoms with Crippen molar-refractivity contribution in [2.45, 2.75) is 4.90 Å². The standard InChI is InChI=1S/C19H14ClN3O3S/c20-15-3-1-2-4-16(15)23-27(25,26)14-9-10-17-18(11-14)22-19(21-17)12-5-7-13(24)8-6-12/h1-11,23-24H,(H,21,22). The van der Waals surface area contributed by atoms with E-state index in [1.165, 1.54) is 12.1 Å². The van der Waals surface area contributed by atoms with E-state index in [1.807, 2.05) is 0 Å². The summed E-state index contributed by atoms with van der Waals surface area (Å²) in [7, 11) is -3.80. The second-order valence-electron chi connectivity index (χ2n) is 5.90. The summed E-state index contributed by atoms with van der Waals surface area (Å²) in [5.41, 5.74) is 2.31. The van der Waals surface area contributed by atoms with Crippen LogP contribution in [0.5, 0.6) is 5.75 Å². The van der Waals surface area contributed by atoms with Crippen LogP contribution in [0.4, 0.5) is 5.69 Å². The van der Waals surface area contributed by atoms with Gasteiger partial charge in [-0.3, -0.25) is 4.72 Å². The third-order valence-electron chi connectivity index (χ3n) is 4.02. The molecule has 0 saturated heterocycles. The number of hydrogen-bond acceptors (Lipinski definition) is 4. The molecule has 0 unspecified atom stereocenters. The molecule has 0 aliphatic rings. The first-order valence-corrected chi connectivity index (χ1v) is 9.85. The van der Waals surface area contributed by atoms with Gasteiger partial charge in [-0.15, -0.1) is 0 Å². The molecule has 3 N–H and O–H groups in total. The van der Waals surface area contributed by atoms with Crippen LogP contribution in [-0.2, 0) is 10.0 Å². The molecule has 4 rings (SSSR count). The SMILES string of the molecule is O=S(=O)(Nc1ccccc1Cl)c1ccc2nc(-c3ccc(O)cc3)[nH]c2c1. The minimum atomic E-state index is -3.80. The summed E-state index contributed by atoms with van der Waals surface area (Å²) in [6.07, 6.45) is 0. The summed E-state index contributed by atoms with van der Waals surface area (Å²) in [4.78, 5) is 7.66. The highest BCUT2D eigenvalue weighted by atomic mass is 35.5. The van der Waals surface area contributed by atoms with E-state index >= 15 is 0 Å². The predicted molar refractivity (Wildman–Crippen MR) is 105 cm³/mol. The predicted octanol–water partition coefficient (Wildman–Crippen LogP) is 4.39. The van der Waals surface area contributed by atoms with Crippen molar-refractivity contribution in [3.8, 4) is 17.1 Å². The average Bonchev–Trinajstić information content (AvgIpc) is 3.07. The Kier molecular flexibility index (Phi) is 4.25. The zero-order valence-electron chi connectivity index (χ0n) is 13.8. The Bertz CT molecular complexity index is 1230. The number of H-pyrrole nitrogens is 1. The quantitative estimate of drug-likeness (QED) is 0.474. The van der Waals surface area contributed by atoms with E-state index in [0.717, 1.165) is 5.56 Å². The van der Waals surface area contributed by atoms with Gasteiger partial charge in [-0.1, -0.05) is 23.7 Å². The van der Waals surface area contributed by atoms with E-state index in [0.29, 0.717) is 27.6 Å². The van der Waals surface area contributed by atoms with Gasteiger partial charge in [0.05, 0.1) is 26.6 Å². The minimum absolute atomic E-state index is 0.0934. The lowest BCUT2D eigenvalue weighted by molar-refractivity contribution is 0.475. The van der Waals surface area contributed by atoms with Crippen LogP contribution in [0.15, 0.2) is 71.6 Å². The van der Waals surface area contributed by atoms with Crippen molar-refractivity contribution in [3.63, 3.8) is 0 Å². The number of sulfonamides is 1. The molecule has 4 aromatic rings. The Morgan fingerprint density at radius 1 is 1.00 bits per heavy atom. The van der Waals surface area contributed by atoms with Crippen LogP contribution in [0.1, 0.15) is 0 Å². The van der Waals surface area contributed by atoms with Gasteiger partial charge in [0.1, 0.15) is 11.6 Å². The number of para-hydroxylation sites is 1. The molecule has 0 amide bonds. The number of rotatable bonds is 4. The first-order valence-electron chi connectivity index (χ1n) is 7.99. The molecule has 0 aliphatic heterocycles. The molecule has 1 aromatic heterocycles. The maximum atomic E-state index is 12.7. The number of halogens is 1. The number of aromatic amines is 1. The van der Waals surface area contributed by atoms with Crippen LogP contribution in [0.2, 0.25) is 5.02 Å². The van der Waals surface area contributed by atoms with Gasteiger partial charge in [0.15, 0.2) is 0 Å². The van der Waals surface area contributed by atoms with E-state index in [1.54, 1.807) is 54.6 Å².